The molecule has 1 fully saturated rings. The fourth-order valence-electron chi connectivity index (χ4n) is 1.38. The monoisotopic (exact) mass is 242 g/mol. The number of rotatable bonds is 4. The van der Waals surface area contributed by atoms with Crippen molar-refractivity contribution in [3.63, 3.8) is 0 Å². The Bertz CT molecular complexity index is 417. The van der Waals surface area contributed by atoms with Crippen molar-refractivity contribution in [3.8, 4) is 0 Å². The molecule has 0 bridgehead atoms. The maximum atomic E-state index is 11.1. The minimum Gasteiger partial charge on any atom is -0.476 e. The van der Waals surface area contributed by atoms with Crippen LogP contribution < -0.4 is 0 Å². The van der Waals surface area contributed by atoms with E-state index in [1.165, 1.54) is 16.7 Å². The van der Waals surface area contributed by atoms with Crippen molar-refractivity contribution in [2.24, 2.45) is 0 Å². The standard InChI is InChI=1S/C9H10N2O4S/c12-8(13)6-5-16-7(10-6)1-2-11-3-4-15-9(11)14/h5H,1-4H2,(H,12,13). The third kappa shape index (κ3) is 2.30. The molecule has 1 amide bonds. The Hall–Kier alpha value is -1.63. The number of cyclic esters (lactones) is 1. The smallest absolute Gasteiger partial charge is 0.409 e. The van der Waals surface area contributed by atoms with Gasteiger partial charge < -0.3 is 14.7 Å². The highest BCUT2D eigenvalue weighted by atomic mass is 32.1. The number of ether oxygens (including phenoxy) is 1. The highest BCUT2D eigenvalue weighted by molar-refractivity contribution is 7.09. The average Bonchev–Trinajstić information content (AvgIpc) is 2.83. The van der Waals surface area contributed by atoms with Crippen LogP contribution in [0.3, 0.4) is 0 Å². The molecule has 0 saturated carbocycles. The first-order valence-electron chi connectivity index (χ1n) is 4.76. The molecule has 0 radical (unpaired) electrons. The van der Waals surface area contributed by atoms with Crippen LogP contribution in [0, 0.1) is 0 Å². The van der Waals surface area contributed by atoms with E-state index in [1.807, 2.05) is 0 Å². The molecule has 16 heavy (non-hydrogen) atoms. The van der Waals surface area contributed by atoms with Crippen LogP contribution in [0.5, 0.6) is 0 Å². The quantitative estimate of drug-likeness (QED) is 0.846. The zero-order chi connectivity index (χ0) is 11.5. The molecule has 0 atom stereocenters. The van der Waals surface area contributed by atoms with Gasteiger partial charge >= 0.3 is 12.1 Å². The minimum atomic E-state index is -1.02. The van der Waals surface area contributed by atoms with E-state index in [9.17, 15) is 9.59 Å². The number of carbonyl (C=O) groups excluding carboxylic acids is 1. The second-order valence-corrected chi connectivity index (χ2v) is 4.23. The van der Waals surface area contributed by atoms with Crippen LogP contribution in [0.4, 0.5) is 4.79 Å². The van der Waals surface area contributed by atoms with Gasteiger partial charge in [-0.25, -0.2) is 14.6 Å². The zero-order valence-corrected chi connectivity index (χ0v) is 9.20. The lowest BCUT2D eigenvalue weighted by Gasteiger charge is -2.10. The largest absolute Gasteiger partial charge is 0.476 e. The van der Waals surface area contributed by atoms with Crippen molar-refractivity contribution in [3.05, 3.63) is 16.1 Å². The zero-order valence-electron chi connectivity index (χ0n) is 8.38. The van der Waals surface area contributed by atoms with E-state index in [-0.39, 0.29) is 11.8 Å². The molecule has 0 unspecified atom stereocenters. The van der Waals surface area contributed by atoms with Crippen LogP contribution in [0.1, 0.15) is 15.5 Å². The fourth-order valence-corrected chi connectivity index (χ4v) is 2.14. The normalized spacial score (nSPS) is 15.2. The summed E-state index contributed by atoms with van der Waals surface area (Å²) in [6, 6.07) is 0. The fraction of sp³-hybridized carbons (Fsp3) is 0.444. The number of carboxylic acids is 1. The summed E-state index contributed by atoms with van der Waals surface area (Å²) in [6.07, 6.45) is 0.252. The van der Waals surface area contributed by atoms with E-state index in [2.05, 4.69) is 4.98 Å². The van der Waals surface area contributed by atoms with Gasteiger partial charge in [0.05, 0.1) is 11.6 Å². The minimum absolute atomic E-state index is 0.0593. The van der Waals surface area contributed by atoms with Crippen molar-refractivity contribution >= 4 is 23.4 Å². The van der Waals surface area contributed by atoms with Gasteiger partial charge in [0, 0.05) is 18.3 Å². The average molecular weight is 242 g/mol. The Balaban J connectivity index is 1.89. The number of nitrogens with zero attached hydrogens (tertiary/aromatic N) is 2. The summed E-state index contributed by atoms with van der Waals surface area (Å²) in [7, 11) is 0. The molecule has 0 spiro atoms. The molecule has 0 aromatic carbocycles. The van der Waals surface area contributed by atoms with Gasteiger partial charge in [-0.05, 0) is 0 Å². The maximum Gasteiger partial charge on any atom is 0.409 e. The van der Waals surface area contributed by atoms with Gasteiger partial charge in [-0.2, -0.15) is 0 Å². The molecule has 1 aliphatic rings. The summed E-state index contributed by atoms with van der Waals surface area (Å²) in [5, 5.41) is 10.9. The number of thiazole rings is 1. The van der Waals surface area contributed by atoms with Gasteiger partial charge in [0.1, 0.15) is 6.61 Å². The Morgan fingerprint density at radius 2 is 2.50 bits per heavy atom. The summed E-state index contributed by atoms with van der Waals surface area (Å²) in [6.45, 7) is 1.54. The summed E-state index contributed by atoms with van der Waals surface area (Å²) in [4.78, 5) is 27.2. The predicted molar refractivity (Wildman–Crippen MR) is 55.7 cm³/mol. The third-order valence-corrected chi connectivity index (χ3v) is 3.12. The number of amides is 1. The molecule has 6 nitrogen and oxygen atoms in total. The molecule has 2 heterocycles. The van der Waals surface area contributed by atoms with E-state index in [4.69, 9.17) is 9.84 Å². The van der Waals surface area contributed by atoms with Gasteiger partial charge in [-0.1, -0.05) is 0 Å². The summed E-state index contributed by atoms with van der Waals surface area (Å²) >= 11 is 1.29. The van der Waals surface area contributed by atoms with E-state index in [0.29, 0.717) is 26.1 Å². The van der Waals surface area contributed by atoms with Crippen LogP contribution in [0.25, 0.3) is 0 Å². The Kier molecular flexibility index (Phi) is 3.04. The molecule has 2 rings (SSSR count). The molecule has 1 saturated heterocycles. The molecular formula is C9H10N2O4S. The van der Waals surface area contributed by atoms with Crippen LogP contribution in [0.2, 0.25) is 0 Å². The van der Waals surface area contributed by atoms with Crippen LogP contribution in [0.15, 0.2) is 5.38 Å². The van der Waals surface area contributed by atoms with Crippen molar-refractivity contribution < 1.29 is 19.4 Å². The summed E-state index contributed by atoms with van der Waals surface area (Å²) in [5.41, 5.74) is 0.0593. The first-order valence-corrected chi connectivity index (χ1v) is 5.64. The molecule has 1 N–H and O–H groups in total. The number of hydrogen-bond acceptors (Lipinski definition) is 5. The predicted octanol–water partition coefficient (Wildman–Crippen LogP) is 0.836. The summed E-state index contributed by atoms with van der Waals surface area (Å²) in [5.74, 6) is -1.02. The van der Waals surface area contributed by atoms with Crippen LogP contribution in [-0.4, -0.2) is 46.7 Å². The number of carboxylic acid groups (broad SMARTS) is 1. The van der Waals surface area contributed by atoms with Crippen LogP contribution in [-0.2, 0) is 11.2 Å². The molecule has 86 valence electrons. The molecule has 0 aliphatic carbocycles. The number of aromatic nitrogens is 1. The SMILES string of the molecule is O=C(O)c1csc(CCN2CCOC2=O)n1. The van der Waals surface area contributed by atoms with E-state index in [0.717, 1.165) is 5.01 Å². The van der Waals surface area contributed by atoms with E-state index in [1.54, 1.807) is 4.90 Å². The molecule has 1 aromatic rings. The number of carbonyl (C=O) groups is 2. The topological polar surface area (TPSA) is 79.7 Å². The molecule has 7 heteroatoms. The van der Waals surface area contributed by atoms with Crippen molar-refractivity contribution in [1.82, 2.24) is 9.88 Å². The van der Waals surface area contributed by atoms with Gasteiger partial charge in [-0.3, -0.25) is 0 Å². The Labute approximate surface area is 95.5 Å². The molecule has 1 aliphatic heterocycles. The number of hydrogen-bond donors (Lipinski definition) is 1. The lowest BCUT2D eigenvalue weighted by molar-refractivity contribution is 0.0691. The third-order valence-electron chi connectivity index (χ3n) is 2.21. The van der Waals surface area contributed by atoms with Crippen LogP contribution >= 0.6 is 11.3 Å². The second-order valence-electron chi connectivity index (χ2n) is 3.28. The Morgan fingerprint density at radius 1 is 1.69 bits per heavy atom. The van der Waals surface area contributed by atoms with E-state index >= 15 is 0 Å². The van der Waals surface area contributed by atoms with Crippen molar-refractivity contribution in [1.29, 1.82) is 0 Å². The van der Waals surface area contributed by atoms with Gasteiger partial charge in [0.2, 0.25) is 0 Å². The summed E-state index contributed by atoms with van der Waals surface area (Å²) < 4.78 is 4.77. The van der Waals surface area contributed by atoms with Crippen molar-refractivity contribution in [2.45, 2.75) is 6.42 Å². The van der Waals surface area contributed by atoms with Gasteiger partial charge in [0.15, 0.2) is 5.69 Å². The van der Waals surface area contributed by atoms with Gasteiger partial charge in [0.25, 0.3) is 0 Å². The van der Waals surface area contributed by atoms with E-state index < -0.39 is 5.97 Å². The lowest BCUT2D eigenvalue weighted by atomic mass is 10.4. The second kappa shape index (κ2) is 4.48. The molecule has 1 aromatic heterocycles. The number of aromatic carboxylic acids is 1. The first kappa shape index (κ1) is 10.9. The first-order chi connectivity index (χ1) is 7.66. The maximum absolute atomic E-state index is 11.1. The van der Waals surface area contributed by atoms with Crippen molar-refractivity contribution in [2.75, 3.05) is 19.7 Å². The van der Waals surface area contributed by atoms with Gasteiger partial charge in [-0.15, -0.1) is 11.3 Å². The highest BCUT2D eigenvalue weighted by Gasteiger charge is 2.21. The highest BCUT2D eigenvalue weighted by Crippen LogP contribution is 2.12. The lowest BCUT2D eigenvalue weighted by Crippen LogP contribution is -2.26. The Morgan fingerprint density at radius 3 is 3.06 bits per heavy atom. The molecular weight excluding hydrogens is 232 g/mol.